The normalized spacial score (nSPS) is 14.7. The second-order valence-electron chi connectivity index (χ2n) is 5.18. The maximum absolute atomic E-state index is 12.2. The van der Waals surface area contributed by atoms with Crippen molar-refractivity contribution in [1.29, 1.82) is 0 Å². The predicted octanol–water partition coefficient (Wildman–Crippen LogP) is 1.87. The van der Waals surface area contributed by atoms with Crippen molar-refractivity contribution in [3.8, 4) is 0 Å². The Balaban J connectivity index is 1.72. The Bertz CT molecular complexity index is 651. The van der Waals surface area contributed by atoms with Gasteiger partial charge in [-0.15, -0.1) is 0 Å². The lowest BCUT2D eigenvalue weighted by atomic mass is 10.1. The number of ether oxygens (including phenoxy) is 1. The maximum atomic E-state index is 12.2. The molecule has 0 radical (unpaired) electrons. The standard InChI is InChI=1S/C16H18N4O2/c1-12-2-4-13(5-3-12)16(21)19-14-10-15(18-11-17-14)20-6-8-22-9-7-20/h2-5,10-11H,6-9H2,1H3,(H,17,18,19,21). The predicted molar refractivity (Wildman–Crippen MR) is 84.2 cm³/mol. The van der Waals surface area contributed by atoms with Crippen LogP contribution in [0.1, 0.15) is 15.9 Å². The van der Waals surface area contributed by atoms with E-state index in [1.807, 2.05) is 19.1 Å². The fourth-order valence-electron chi connectivity index (χ4n) is 2.27. The van der Waals surface area contributed by atoms with Crippen molar-refractivity contribution in [2.24, 2.45) is 0 Å². The SMILES string of the molecule is Cc1ccc(C(=O)Nc2cc(N3CCOCC3)ncn2)cc1. The molecule has 2 aromatic rings. The van der Waals surface area contributed by atoms with Crippen LogP contribution in [0, 0.1) is 6.92 Å². The van der Waals surface area contributed by atoms with Crippen LogP contribution in [0.3, 0.4) is 0 Å². The molecule has 1 amide bonds. The third-order valence-corrected chi connectivity index (χ3v) is 3.54. The van der Waals surface area contributed by atoms with Crippen molar-refractivity contribution in [3.63, 3.8) is 0 Å². The lowest BCUT2D eigenvalue weighted by Gasteiger charge is -2.27. The molecule has 1 saturated heterocycles. The number of nitrogens with one attached hydrogen (secondary N) is 1. The monoisotopic (exact) mass is 298 g/mol. The molecule has 22 heavy (non-hydrogen) atoms. The third-order valence-electron chi connectivity index (χ3n) is 3.54. The lowest BCUT2D eigenvalue weighted by Crippen LogP contribution is -2.36. The highest BCUT2D eigenvalue weighted by Crippen LogP contribution is 2.16. The molecular formula is C16H18N4O2. The first-order chi connectivity index (χ1) is 10.7. The molecule has 1 fully saturated rings. The average molecular weight is 298 g/mol. The van der Waals surface area contributed by atoms with Crippen LogP contribution in [-0.4, -0.2) is 42.2 Å². The van der Waals surface area contributed by atoms with Crippen molar-refractivity contribution in [2.75, 3.05) is 36.5 Å². The molecule has 1 N–H and O–H groups in total. The summed E-state index contributed by atoms with van der Waals surface area (Å²) in [6, 6.07) is 9.21. The van der Waals surface area contributed by atoms with Gasteiger partial charge < -0.3 is 15.0 Å². The summed E-state index contributed by atoms with van der Waals surface area (Å²) >= 11 is 0. The summed E-state index contributed by atoms with van der Waals surface area (Å²) in [5.74, 6) is 1.13. The van der Waals surface area contributed by atoms with Crippen molar-refractivity contribution < 1.29 is 9.53 Å². The van der Waals surface area contributed by atoms with Gasteiger partial charge in [-0.1, -0.05) is 17.7 Å². The molecule has 0 atom stereocenters. The minimum absolute atomic E-state index is 0.174. The number of amides is 1. The van der Waals surface area contributed by atoms with E-state index in [1.165, 1.54) is 6.33 Å². The molecule has 0 aliphatic carbocycles. The van der Waals surface area contributed by atoms with Gasteiger partial charge in [0, 0.05) is 24.7 Å². The van der Waals surface area contributed by atoms with E-state index in [9.17, 15) is 4.79 Å². The largest absolute Gasteiger partial charge is 0.378 e. The van der Waals surface area contributed by atoms with E-state index in [4.69, 9.17) is 4.74 Å². The number of aryl methyl sites for hydroxylation is 1. The van der Waals surface area contributed by atoms with Crippen LogP contribution in [0.5, 0.6) is 0 Å². The van der Waals surface area contributed by atoms with E-state index in [2.05, 4.69) is 20.2 Å². The Labute approximate surface area is 129 Å². The summed E-state index contributed by atoms with van der Waals surface area (Å²) in [4.78, 5) is 22.7. The fraction of sp³-hybridized carbons (Fsp3) is 0.312. The van der Waals surface area contributed by atoms with Crippen LogP contribution in [0.4, 0.5) is 11.6 Å². The van der Waals surface area contributed by atoms with Gasteiger partial charge in [-0.3, -0.25) is 4.79 Å². The van der Waals surface area contributed by atoms with Gasteiger partial charge in [0.2, 0.25) is 0 Å². The first kappa shape index (κ1) is 14.5. The van der Waals surface area contributed by atoms with Gasteiger partial charge in [0.15, 0.2) is 0 Å². The quantitative estimate of drug-likeness (QED) is 0.937. The molecule has 1 aromatic carbocycles. The Morgan fingerprint density at radius 1 is 1.18 bits per heavy atom. The molecule has 1 aliphatic rings. The van der Waals surface area contributed by atoms with Gasteiger partial charge in [-0.25, -0.2) is 9.97 Å². The van der Waals surface area contributed by atoms with Gasteiger partial charge in [0.1, 0.15) is 18.0 Å². The first-order valence-corrected chi connectivity index (χ1v) is 7.25. The number of rotatable bonds is 3. The second kappa shape index (κ2) is 6.53. The van der Waals surface area contributed by atoms with Crippen molar-refractivity contribution in [3.05, 3.63) is 47.8 Å². The van der Waals surface area contributed by atoms with E-state index in [0.29, 0.717) is 24.6 Å². The number of aromatic nitrogens is 2. The Hall–Kier alpha value is -2.47. The van der Waals surface area contributed by atoms with Crippen LogP contribution < -0.4 is 10.2 Å². The average Bonchev–Trinajstić information content (AvgIpc) is 2.56. The van der Waals surface area contributed by atoms with Gasteiger partial charge in [-0.05, 0) is 19.1 Å². The zero-order valence-electron chi connectivity index (χ0n) is 12.5. The number of hydrogen-bond donors (Lipinski definition) is 1. The molecular weight excluding hydrogens is 280 g/mol. The van der Waals surface area contributed by atoms with E-state index in [1.54, 1.807) is 18.2 Å². The number of anilines is 2. The summed E-state index contributed by atoms with van der Waals surface area (Å²) in [5.41, 5.74) is 1.73. The molecule has 0 saturated carbocycles. The highest BCUT2D eigenvalue weighted by molar-refractivity contribution is 6.03. The number of carbonyl (C=O) groups excluding carboxylic acids is 1. The van der Waals surface area contributed by atoms with Crippen LogP contribution >= 0.6 is 0 Å². The minimum Gasteiger partial charge on any atom is -0.378 e. The second-order valence-corrected chi connectivity index (χ2v) is 5.18. The molecule has 0 unspecified atom stereocenters. The fourth-order valence-corrected chi connectivity index (χ4v) is 2.27. The van der Waals surface area contributed by atoms with Gasteiger partial charge in [0.05, 0.1) is 13.2 Å². The number of morpholine rings is 1. The lowest BCUT2D eigenvalue weighted by molar-refractivity contribution is 0.102. The number of benzene rings is 1. The van der Waals surface area contributed by atoms with Gasteiger partial charge >= 0.3 is 0 Å². The molecule has 1 aliphatic heterocycles. The number of hydrogen-bond acceptors (Lipinski definition) is 5. The molecule has 6 heteroatoms. The topological polar surface area (TPSA) is 67.4 Å². The van der Waals surface area contributed by atoms with E-state index < -0.39 is 0 Å². The van der Waals surface area contributed by atoms with Crippen molar-refractivity contribution in [2.45, 2.75) is 6.92 Å². The summed E-state index contributed by atoms with van der Waals surface area (Å²) in [6.07, 6.45) is 1.47. The van der Waals surface area contributed by atoms with Crippen LogP contribution in [0.25, 0.3) is 0 Å². The molecule has 2 heterocycles. The first-order valence-electron chi connectivity index (χ1n) is 7.25. The summed E-state index contributed by atoms with van der Waals surface area (Å²) < 4.78 is 5.33. The number of nitrogens with zero attached hydrogens (tertiary/aromatic N) is 3. The molecule has 114 valence electrons. The third kappa shape index (κ3) is 3.40. The van der Waals surface area contributed by atoms with Gasteiger partial charge in [0.25, 0.3) is 5.91 Å². The summed E-state index contributed by atoms with van der Waals surface area (Å²) in [5, 5.41) is 2.81. The van der Waals surface area contributed by atoms with Crippen LogP contribution in [-0.2, 0) is 4.74 Å². The molecule has 0 bridgehead atoms. The smallest absolute Gasteiger partial charge is 0.256 e. The Morgan fingerprint density at radius 3 is 2.64 bits per heavy atom. The van der Waals surface area contributed by atoms with Crippen molar-refractivity contribution >= 4 is 17.5 Å². The summed E-state index contributed by atoms with van der Waals surface area (Å²) in [6.45, 7) is 4.95. The molecule has 6 nitrogen and oxygen atoms in total. The van der Waals surface area contributed by atoms with E-state index >= 15 is 0 Å². The van der Waals surface area contributed by atoms with Crippen LogP contribution in [0.15, 0.2) is 36.7 Å². The molecule has 0 spiro atoms. The number of carbonyl (C=O) groups is 1. The van der Waals surface area contributed by atoms with Crippen molar-refractivity contribution in [1.82, 2.24) is 9.97 Å². The minimum atomic E-state index is -0.174. The van der Waals surface area contributed by atoms with Gasteiger partial charge in [-0.2, -0.15) is 0 Å². The molecule has 1 aromatic heterocycles. The Kier molecular flexibility index (Phi) is 4.29. The zero-order chi connectivity index (χ0) is 15.4. The summed E-state index contributed by atoms with van der Waals surface area (Å²) in [7, 11) is 0. The highest BCUT2D eigenvalue weighted by atomic mass is 16.5. The van der Waals surface area contributed by atoms with Crippen LogP contribution in [0.2, 0.25) is 0 Å². The van der Waals surface area contributed by atoms with E-state index in [0.717, 1.165) is 24.5 Å². The Morgan fingerprint density at radius 2 is 1.91 bits per heavy atom. The highest BCUT2D eigenvalue weighted by Gasteiger charge is 2.14. The van der Waals surface area contributed by atoms with E-state index in [-0.39, 0.29) is 5.91 Å². The maximum Gasteiger partial charge on any atom is 0.256 e. The molecule has 3 rings (SSSR count). The zero-order valence-corrected chi connectivity index (χ0v) is 12.5.